The highest BCUT2D eigenvalue weighted by molar-refractivity contribution is 7.15. The van der Waals surface area contributed by atoms with Crippen LogP contribution in [0, 0.1) is 5.92 Å². The molecule has 110 valence electrons. The summed E-state index contributed by atoms with van der Waals surface area (Å²) in [5, 5.41) is 12.2. The molecule has 2 aromatic rings. The van der Waals surface area contributed by atoms with E-state index in [1.165, 1.54) is 17.4 Å². The summed E-state index contributed by atoms with van der Waals surface area (Å²) >= 11 is 1.41. The summed E-state index contributed by atoms with van der Waals surface area (Å²) in [6, 6.07) is 7.29. The molecule has 0 saturated carbocycles. The predicted octanol–water partition coefficient (Wildman–Crippen LogP) is 2.97. The molecule has 0 unspecified atom stereocenters. The van der Waals surface area contributed by atoms with Crippen LogP contribution >= 0.6 is 11.3 Å². The number of carbonyl (C=O) groups is 1. The third-order valence-electron chi connectivity index (χ3n) is 2.64. The number of hydrogen-bond donors (Lipinski definition) is 2. The molecule has 1 amide bonds. The molecule has 0 fully saturated rings. The fourth-order valence-corrected chi connectivity index (χ4v) is 2.62. The zero-order chi connectivity index (χ0) is 15.2. The van der Waals surface area contributed by atoms with Gasteiger partial charge in [-0.3, -0.25) is 10.1 Å². The van der Waals surface area contributed by atoms with Crippen LogP contribution in [0.5, 0.6) is 0 Å². The number of nitrogens with one attached hydrogen (secondary N) is 1. The largest absolute Gasteiger partial charge is 0.399 e. The molecule has 0 aliphatic rings. The Balaban J connectivity index is 1.92. The van der Waals surface area contributed by atoms with E-state index in [1.54, 1.807) is 18.2 Å². The van der Waals surface area contributed by atoms with E-state index >= 15 is 0 Å². The Morgan fingerprint density at radius 1 is 1.33 bits per heavy atom. The Kier molecular flexibility index (Phi) is 5.05. The molecule has 0 aliphatic heterocycles. The first-order valence-electron chi connectivity index (χ1n) is 6.70. The Hall–Kier alpha value is -2.21. The van der Waals surface area contributed by atoms with Crippen LogP contribution in [0.15, 0.2) is 30.3 Å². The molecule has 2 rings (SSSR count). The number of anilines is 2. The van der Waals surface area contributed by atoms with Crippen LogP contribution in [-0.4, -0.2) is 16.1 Å². The van der Waals surface area contributed by atoms with Crippen molar-refractivity contribution in [2.75, 3.05) is 11.1 Å². The maximum absolute atomic E-state index is 11.8. The predicted molar refractivity (Wildman–Crippen MR) is 87.0 cm³/mol. The molecule has 0 bridgehead atoms. The Morgan fingerprint density at radius 3 is 2.71 bits per heavy atom. The van der Waals surface area contributed by atoms with Crippen LogP contribution in [0.2, 0.25) is 0 Å². The summed E-state index contributed by atoms with van der Waals surface area (Å²) < 4.78 is 0. The van der Waals surface area contributed by atoms with Gasteiger partial charge in [0, 0.05) is 18.2 Å². The molecule has 1 heterocycles. The second-order valence-electron chi connectivity index (χ2n) is 5.09. The normalized spacial score (nSPS) is 11.2. The first kappa shape index (κ1) is 15.2. The molecule has 3 N–H and O–H groups in total. The van der Waals surface area contributed by atoms with Gasteiger partial charge in [-0.2, -0.15) is 0 Å². The van der Waals surface area contributed by atoms with Crippen LogP contribution < -0.4 is 11.1 Å². The lowest BCUT2D eigenvalue weighted by atomic mass is 10.1. The van der Waals surface area contributed by atoms with Crippen LogP contribution in [0.1, 0.15) is 24.4 Å². The molecule has 0 aliphatic carbocycles. The highest BCUT2D eigenvalue weighted by Crippen LogP contribution is 2.18. The van der Waals surface area contributed by atoms with Crippen LogP contribution in [0.4, 0.5) is 10.8 Å². The lowest BCUT2D eigenvalue weighted by molar-refractivity contribution is -0.111. The quantitative estimate of drug-likeness (QED) is 0.657. The number of nitrogens with two attached hydrogens (primary N) is 1. The number of rotatable bonds is 5. The molecular formula is C15H18N4OS. The third-order valence-corrected chi connectivity index (χ3v) is 3.50. The molecule has 6 heteroatoms. The Morgan fingerprint density at radius 2 is 2.05 bits per heavy atom. The van der Waals surface area contributed by atoms with E-state index in [-0.39, 0.29) is 5.91 Å². The van der Waals surface area contributed by atoms with E-state index in [4.69, 9.17) is 5.73 Å². The van der Waals surface area contributed by atoms with Gasteiger partial charge < -0.3 is 5.73 Å². The molecule has 21 heavy (non-hydrogen) atoms. The van der Waals surface area contributed by atoms with Gasteiger partial charge in [0.2, 0.25) is 11.0 Å². The molecule has 0 spiro atoms. The highest BCUT2D eigenvalue weighted by atomic mass is 32.1. The standard InChI is InChI=1S/C15H18N4OS/c1-10(2)9-14-18-19-15(21-14)17-13(20)8-5-11-3-6-12(16)7-4-11/h3-8,10H,9,16H2,1-2H3,(H,17,19,20)/b8-5+. The van der Waals surface area contributed by atoms with Gasteiger partial charge in [-0.05, 0) is 29.7 Å². The zero-order valence-corrected chi connectivity index (χ0v) is 12.9. The Bertz CT molecular complexity index is 631. The monoisotopic (exact) mass is 302 g/mol. The molecule has 5 nitrogen and oxygen atoms in total. The second kappa shape index (κ2) is 6.99. The van der Waals surface area contributed by atoms with Crippen molar-refractivity contribution in [1.82, 2.24) is 10.2 Å². The molecule has 1 aromatic heterocycles. The summed E-state index contributed by atoms with van der Waals surface area (Å²) in [6.07, 6.45) is 4.06. The van der Waals surface area contributed by atoms with Gasteiger partial charge in [-0.1, -0.05) is 37.3 Å². The maximum atomic E-state index is 11.8. The van der Waals surface area contributed by atoms with Crippen molar-refractivity contribution in [2.45, 2.75) is 20.3 Å². The van der Waals surface area contributed by atoms with E-state index in [0.29, 0.717) is 16.7 Å². The topological polar surface area (TPSA) is 80.9 Å². The van der Waals surface area contributed by atoms with Gasteiger partial charge in [0.05, 0.1) is 0 Å². The number of amides is 1. The summed E-state index contributed by atoms with van der Waals surface area (Å²) in [7, 11) is 0. The first-order valence-corrected chi connectivity index (χ1v) is 7.51. The van der Waals surface area contributed by atoms with Crippen molar-refractivity contribution in [3.63, 3.8) is 0 Å². The SMILES string of the molecule is CC(C)Cc1nnc(NC(=O)/C=C/c2ccc(N)cc2)s1. The van der Waals surface area contributed by atoms with Crippen molar-refractivity contribution in [2.24, 2.45) is 5.92 Å². The highest BCUT2D eigenvalue weighted by Gasteiger charge is 2.07. The van der Waals surface area contributed by atoms with Gasteiger partial charge in [-0.25, -0.2) is 0 Å². The Labute approximate surface area is 127 Å². The number of nitrogen functional groups attached to an aromatic ring is 1. The van der Waals surface area contributed by atoms with Crippen molar-refractivity contribution >= 4 is 34.1 Å². The van der Waals surface area contributed by atoms with Gasteiger partial charge in [0.1, 0.15) is 5.01 Å². The first-order chi connectivity index (χ1) is 10.0. The van der Waals surface area contributed by atoms with Crippen molar-refractivity contribution in [3.8, 4) is 0 Å². The molecule has 0 atom stereocenters. The van der Waals surface area contributed by atoms with Crippen molar-refractivity contribution in [3.05, 3.63) is 40.9 Å². The number of carbonyl (C=O) groups excluding carboxylic acids is 1. The lowest BCUT2D eigenvalue weighted by Crippen LogP contribution is -2.07. The maximum Gasteiger partial charge on any atom is 0.250 e. The van der Waals surface area contributed by atoms with E-state index in [9.17, 15) is 4.79 Å². The molecule has 0 saturated heterocycles. The van der Waals surface area contributed by atoms with E-state index < -0.39 is 0 Å². The third kappa shape index (κ3) is 5.00. The number of benzene rings is 1. The minimum Gasteiger partial charge on any atom is -0.399 e. The van der Waals surface area contributed by atoms with Gasteiger partial charge in [0.25, 0.3) is 0 Å². The summed E-state index contributed by atoms with van der Waals surface area (Å²) in [5.41, 5.74) is 7.22. The van der Waals surface area contributed by atoms with E-state index in [1.807, 2.05) is 12.1 Å². The number of nitrogens with zero attached hydrogens (tertiary/aromatic N) is 2. The van der Waals surface area contributed by atoms with E-state index in [0.717, 1.165) is 17.0 Å². The second-order valence-corrected chi connectivity index (χ2v) is 6.15. The van der Waals surface area contributed by atoms with E-state index in [2.05, 4.69) is 29.4 Å². The van der Waals surface area contributed by atoms with Crippen LogP contribution in [-0.2, 0) is 11.2 Å². The summed E-state index contributed by atoms with van der Waals surface area (Å²) in [4.78, 5) is 11.8. The average molecular weight is 302 g/mol. The number of aromatic nitrogens is 2. The summed E-state index contributed by atoms with van der Waals surface area (Å²) in [6.45, 7) is 4.24. The lowest BCUT2D eigenvalue weighted by Gasteiger charge is -1.97. The fraction of sp³-hybridized carbons (Fsp3) is 0.267. The minimum absolute atomic E-state index is 0.223. The van der Waals surface area contributed by atoms with Gasteiger partial charge in [0.15, 0.2) is 0 Å². The summed E-state index contributed by atoms with van der Waals surface area (Å²) in [5.74, 6) is 0.297. The minimum atomic E-state index is -0.223. The average Bonchev–Trinajstić information content (AvgIpc) is 2.84. The van der Waals surface area contributed by atoms with Crippen molar-refractivity contribution < 1.29 is 4.79 Å². The molecule has 1 aromatic carbocycles. The molecular weight excluding hydrogens is 284 g/mol. The van der Waals surface area contributed by atoms with Crippen LogP contribution in [0.25, 0.3) is 6.08 Å². The van der Waals surface area contributed by atoms with Crippen LogP contribution in [0.3, 0.4) is 0 Å². The smallest absolute Gasteiger partial charge is 0.250 e. The zero-order valence-electron chi connectivity index (χ0n) is 12.0. The fourth-order valence-electron chi connectivity index (χ4n) is 1.66. The van der Waals surface area contributed by atoms with Gasteiger partial charge >= 0.3 is 0 Å². The number of hydrogen-bond acceptors (Lipinski definition) is 5. The van der Waals surface area contributed by atoms with Gasteiger partial charge in [-0.15, -0.1) is 10.2 Å². The van der Waals surface area contributed by atoms with Crippen molar-refractivity contribution in [1.29, 1.82) is 0 Å². The molecule has 0 radical (unpaired) electrons.